The summed E-state index contributed by atoms with van der Waals surface area (Å²) in [4.78, 5) is 61.4. The number of ether oxygens (including phenoxy) is 1. The Balaban J connectivity index is 1.13. The van der Waals surface area contributed by atoms with Crippen molar-refractivity contribution in [1.29, 1.82) is 0 Å². The molecule has 2 aromatic carbocycles. The molecule has 4 aromatic rings. The van der Waals surface area contributed by atoms with Crippen LogP contribution in [-0.2, 0) is 20.7 Å². The number of alkyl carbamates (subject to hydrolysis) is 1. The largest absolute Gasteiger partial charge is 0.444 e. The van der Waals surface area contributed by atoms with E-state index >= 15 is 0 Å². The molecule has 1 aliphatic heterocycles. The van der Waals surface area contributed by atoms with E-state index in [1.54, 1.807) is 18.2 Å². The van der Waals surface area contributed by atoms with Crippen molar-refractivity contribution in [2.24, 2.45) is 11.8 Å². The summed E-state index contributed by atoms with van der Waals surface area (Å²) in [7, 11) is 0. The third kappa shape index (κ3) is 8.63. The summed E-state index contributed by atoms with van der Waals surface area (Å²) in [5.74, 6) is 0.340. The molecule has 3 heterocycles. The molecule has 3 amide bonds. The molecule has 1 fully saturated rings. The van der Waals surface area contributed by atoms with Crippen LogP contribution in [0.15, 0.2) is 53.3 Å². The van der Waals surface area contributed by atoms with Crippen LogP contribution in [-0.4, -0.2) is 64.1 Å². The van der Waals surface area contributed by atoms with Crippen LogP contribution in [0, 0.1) is 18.8 Å². The number of aryl methyl sites for hydroxylation is 1. The molecule has 0 spiro atoms. The highest BCUT2D eigenvalue weighted by atomic mass is 16.6. The lowest BCUT2D eigenvalue weighted by molar-refractivity contribution is -0.130. The Morgan fingerprint density at radius 2 is 1.66 bits per heavy atom. The van der Waals surface area contributed by atoms with Gasteiger partial charge in [0, 0.05) is 48.9 Å². The van der Waals surface area contributed by atoms with Crippen molar-refractivity contribution in [2.45, 2.75) is 71.4 Å². The molecule has 50 heavy (non-hydrogen) atoms. The van der Waals surface area contributed by atoms with Gasteiger partial charge in [0.25, 0.3) is 0 Å². The molecule has 264 valence electrons. The Bertz CT molecular complexity index is 1920. The number of carbonyl (C=O) groups is 3. The topological polar surface area (TPSA) is 182 Å². The average molecular weight is 683 g/mol. The molecular formula is C37H46N8O5. The number of aromatic amines is 2. The number of benzene rings is 2. The lowest BCUT2D eigenvalue weighted by Gasteiger charge is -2.29. The molecule has 0 radical (unpaired) electrons. The second kappa shape index (κ2) is 14.7. The first-order valence-corrected chi connectivity index (χ1v) is 17.3. The SMILES string of the molecule is Cc1nc2c(cc1-c1ccc(C[C@H](NC(=O)[C@H]3CC[C@H](CNC(=O)OC(C)(C)C)CC3)C(=O)Nc3ccc4[nH]c(=O)[nH]c4c3)cc1)NCCN2. The first-order chi connectivity index (χ1) is 23.9. The zero-order valence-electron chi connectivity index (χ0n) is 29.0. The van der Waals surface area contributed by atoms with E-state index < -0.39 is 17.7 Å². The summed E-state index contributed by atoms with van der Waals surface area (Å²) < 4.78 is 5.35. The molecule has 1 saturated carbocycles. The van der Waals surface area contributed by atoms with Gasteiger partial charge in [-0.1, -0.05) is 24.3 Å². The minimum Gasteiger partial charge on any atom is -0.444 e. The van der Waals surface area contributed by atoms with Crippen LogP contribution in [0.25, 0.3) is 22.2 Å². The number of anilines is 3. The maximum absolute atomic E-state index is 13.8. The highest BCUT2D eigenvalue weighted by Crippen LogP contribution is 2.32. The second-order valence-corrected chi connectivity index (χ2v) is 14.3. The fraction of sp³-hybridized carbons (Fsp3) is 0.432. The molecule has 13 heteroatoms. The van der Waals surface area contributed by atoms with Crippen molar-refractivity contribution in [3.8, 4) is 11.1 Å². The maximum Gasteiger partial charge on any atom is 0.407 e. The molecule has 2 aromatic heterocycles. The van der Waals surface area contributed by atoms with Crippen molar-refractivity contribution in [3.63, 3.8) is 0 Å². The number of nitrogens with zero attached hydrogens (tertiary/aromatic N) is 1. The predicted octanol–water partition coefficient (Wildman–Crippen LogP) is 5.06. The third-order valence-corrected chi connectivity index (χ3v) is 9.22. The van der Waals surface area contributed by atoms with Crippen molar-refractivity contribution in [3.05, 3.63) is 70.3 Å². The fourth-order valence-corrected chi connectivity index (χ4v) is 6.61. The van der Waals surface area contributed by atoms with Crippen LogP contribution < -0.4 is 32.3 Å². The fourth-order valence-electron chi connectivity index (χ4n) is 6.61. The molecule has 0 saturated heterocycles. The summed E-state index contributed by atoms with van der Waals surface area (Å²) in [6.07, 6.45) is 2.72. The predicted molar refractivity (Wildman–Crippen MR) is 194 cm³/mol. The van der Waals surface area contributed by atoms with E-state index in [4.69, 9.17) is 9.72 Å². The van der Waals surface area contributed by atoms with Gasteiger partial charge in [0.1, 0.15) is 17.5 Å². The quantitative estimate of drug-likeness (QED) is 0.128. The number of amides is 3. The number of rotatable bonds is 9. The Morgan fingerprint density at radius 1 is 0.940 bits per heavy atom. The van der Waals surface area contributed by atoms with Gasteiger partial charge in [-0.25, -0.2) is 14.6 Å². The summed E-state index contributed by atoms with van der Waals surface area (Å²) in [5, 5.41) is 15.5. The van der Waals surface area contributed by atoms with Gasteiger partial charge in [-0.2, -0.15) is 0 Å². The van der Waals surface area contributed by atoms with Gasteiger partial charge in [-0.3, -0.25) is 9.59 Å². The first-order valence-electron chi connectivity index (χ1n) is 17.3. The number of carbonyl (C=O) groups excluding carboxylic acids is 3. The van der Waals surface area contributed by atoms with E-state index in [1.165, 1.54) is 0 Å². The van der Waals surface area contributed by atoms with Gasteiger partial charge in [0.15, 0.2) is 0 Å². The molecule has 7 N–H and O–H groups in total. The molecule has 0 unspecified atom stereocenters. The van der Waals surface area contributed by atoms with Gasteiger partial charge in [0.05, 0.1) is 16.7 Å². The number of fused-ring (bicyclic) bond motifs is 2. The average Bonchev–Trinajstić information content (AvgIpc) is 3.45. The molecule has 2 aliphatic rings. The number of hydrogen-bond donors (Lipinski definition) is 7. The van der Waals surface area contributed by atoms with E-state index in [0.717, 1.165) is 59.8 Å². The first kappa shape index (κ1) is 34.5. The normalized spacial score (nSPS) is 17.8. The van der Waals surface area contributed by atoms with Crippen molar-refractivity contribution in [1.82, 2.24) is 25.6 Å². The van der Waals surface area contributed by atoms with Crippen molar-refractivity contribution in [2.75, 3.05) is 35.6 Å². The number of hydrogen-bond acceptors (Lipinski definition) is 8. The van der Waals surface area contributed by atoms with E-state index in [9.17, 15) is 19.2 Å². The van der Waals surface area contributed by atoms with E-state index in [-0.39, 0.29) is 35.8 Å². The number of pyridine rings is 1. The highest BCUT2D eigenvalue weighted by Gasteiger charge is 2.30. The van der Waals surface area contributed by atoms with E-state index in [1.807, 2.05) is 52.0 Å². The molecule has 0 bridgehead atoms. The Kier molecular flexibility index (Phi) is 10.1. The number of nitrogens with one attached hydrogen (secondary N) is 7. The van der Waals surface area contributed by atoms with Crippen molar-refractivity contribution < 1.29 is 19.1 Å². The maximum atomic E-state index is 13.8. The Hall–Kier alpha value is -5.33. The van der Waals surface area contributed by atoms with Crippen LogP contribution in [0.4, 0.5) is 22.0 Å². The Labute approximate surface area is 290 Å². The van der Waals surface area contributed by atoms with Gasteiger partial charge in [-0.15, -0.1) is 0 Å². The minimum absolute atomic E-state index is 0.164. The van der Waals surface area contributed by atoms with Crippen LogP contribution in [0.1, 0.15) is 57.7 Å². The monoisotopic (exact) mass is 682 g/mol. The summed E-state index contributed by atoms with van der Waals surface area (Å²) in [6, 6.07) is 14.4. The lowest BCUT2D eigenvalue weighted by atomic mass is 9.81. The summed E-state index contributed by atoms with van der Waals surface area (Å²) >= 11 is 0. The van der Waals surface area contributed by atoms with Crippen LogP contribution >= 0.6 is 0 Å². The smallest absolute Gasteiger partial charge is 0.407 e. The molecular weight excluding hydrogens is 636 g/mol. The minimum atomic E-state index is -0.844. The standard InChI is InChI=1S/C37H46N8O5/c1-21-27(19-30-32(41-21)39-16-15-38-30)24-9-5-22(6-10-24)17-31(34(47)42-26-13-14-28-29(18-26)45-35(48)44-28)43-33(46)25-11-7-23(8-12-25)20-40-36(49)50-37(2,3)4/h5-6,9-10,13-14,18-19,23,25,31,38H,7-8,11-12,15-17,20H2,1-4H3,(H,39,41)(H,40,49)(H,42,47)(H,43,46)(H2,44,45,48)/t23-,25-,31-/m0/s1. The number of H-pyrrole nitrogens is 2. The van der Waals surface area contributed by atoms with Crippen LogP contribution in [0.3, 0.4) is 0 Å². The zero-order valence-corrected chi connectivity index (χ0v) is 29.0. The number of aromatic nitrogens is 3. The summed E-state index contributed by atoms with van der Waals surface area (Å²) in [5.41, 5.74) is 5.60. The van der Waals surface area contributed by atoms with Crippen LogP contribution in [0.5, 0.6) is 0 Å². The van der Waals surface area contributed by atoms with E-state index in [0.29, 0.717) is 36.1 Å². The van der Waals surface area contributed by atoms with Crippen LogP contribution in [0.2, 0.25) is 0 Å². The Morgan fingerprint density at radius 3 is 2.40 bits per heavy atom. The summed E-state index contributed by atoms with van der Waals surface area (Å²) in [6.45, 7) is 9.61. The molecule has 1 aliphatic carbocycles. The third-order valence-electron chi connectivity index (χ3n) is 9.22. The molecule has 1 atom stereocenters. The van der Waals surface area contributed by atoms with Crippen molar-refractivity contribution >= 4 is 46.1 Å². The van der Waals surface area contributed by atoms with Gasteiger partial charge >= 0.3 is 11.8 Å². The van der Waals surface area contributed by atoms with Gasteiger partial charge in [0.2, 0.25) is 11.8 Å². The van der Waals surface area contributed by atoms with E-state index in [2.05, 4.69) is 42.6 Å². The second-order valence-electron chi connectivity index (χ2n) is 14.3. The highest BCUT2D eigenvalue weighted by molar-refractivity contribution is 5.98. The molecule has 13 nitrogen and oxygen atoms in total. The lowest BCUT2D eigenvalue weighted by Crippen LogP contribution is -2.48. The molecule has 6 rings (SSSR count). The zero-order chi connectivity index (χ0) is 35.4. The van der Waals surface area contributed by atoms with Gasteiger partial charge < -0.3 is 41.3 Å². The van der Waals surface area contributed by atoms with Gasteiger partial charge in [-0.05, 0) is 94.7 Å². The number of imidazole rings is 1.